The Kier molecular flexibility index (Phi) is 4.97. The van der Waals surface area contributed by atoms with E-state index >= 15 is 0 Å². The first-order chi connectivity index (χ1) is 13.6. The summed E-state index contributed by atoms with van der Waals surface area (Å²) in [5.41, 5.74) is 0.940. The maximum Gasteiger partial charge on any atom is 0.342 e. The lowest BCUT2D eigenvalue weighted by Crippen LogP contribution is -2.17. The molecule has 3 aromatic heterocycles. The van der Waals surface area contributed by atoms with Crippen LogP contribution in [0.5, 0.6) is 5.75 Å². The number of methoxy groups -OCH3 is 1. The van der Waals surface area contributed by atoms with E-state index < -0.39 is 12.1 Å². The summed E-state index contributed by atoms with van der Waals surface area (Å²) in [6.07, 6.45) is -0.721. The van der Waals surface area contributed by atoms with E-state index in [1.807, 2.05) is 22.9 Å². The summed E-state index contributed by atoms with van der Waals surface area (Å²) in [6, 6.07) is 10.7. The van der Waals surface area contributed by atoms with Gasteiger partial charge < -0.3 is 14.5 Å². The smallest absolute Gasteiger partial charge is 0.342 e. The molecule has 28 heavy (non-hydrogen) atoms. The Hall–Kier alpha value is -2.97. The van der Waals surface area contributed by atoms with Gasteiger partial charge >= 0.3 is 5.97 Å². The number of hydrogen-bond donors (Lipinski definition) is 1. The number of aromatic nitrogens is 2. The molecular weight excluding hydrogens is 396 g/mol. The Morgan fingerprint density at radius 1 is 1.18 bits per heavy atom. The second-order valence-corrected chi connectivity index (χ2v) is 7.81. The lowest BCUT2D eigenvalue weighted by Gasteiger charge is -2.14. The number of para-hydroxylation sites is 1. The van der Waals surface area contributed by atoms with Crippen molar-refractivity contribution in [3.05, 3.63) is 68.9 Å². The van der Waals surface area contributed by atoms with Crippen LogP contribution in [0.4, 0.5) is 0 Å². The maximum absolute atomic E-state index is 12.7. The molecule has 0 aliphatic carbocycles. The van der Waals surface area contributed by atoms with Crippen LogP contribution in [0.15, 0.2) is 52.0 Å². The highest BCUT2D eigenvalue weighted by molar-refractivity contribution is 7.18. The Bertz CT molecular complexity index is 1190. The molecule has 0 aliphatic heterocycles. The van der Waals surface area contributed by atoms with Crippen molar-refractivity contribution in [2.24, 2.45) is 0 Å². The number of thiophene rings is 2. The third-order valence-electron chi connectivity index (χ3n) is 4.24. The van der Waals surface area contributed by atoms with E-state index in [-0.39, 0.29) is 5.56 Å². The highest BCUT2D eigenvalue weighted by Gasteiger charge is 2.21. The summed E-state index contributed by atoms with van der Waals surface area (Å²) < 4.78 is 10.7. The normalized spacial score (nSPS) is 12.1. The summed E-state index contributed by atoms with van der Waals surface area (Å²) in [7, 11) is 1.49. The highest BCUT2D eigenvalue weighted by Crippen LogP contribution is 2.34. The van der Waals surface area contributed by atoms with Gasteiger partial charge in [-0.05, 0) is 30.5 Å². The lowest BCUT2D eigenvalue weighted by atomic mass is 10.2. The molecule has 4 aromatic rings. The van der Waals surface area contributed by atoms with E-state index in [9.17, 15) is 9.59 Å². The summed E-state index contributed by atoms with van der Waals surface area (Å²) in [5, 5.41) is 4.45. The maximum atomic E-state index is 12.7. The van der Waals surface area contributed by atoms with Crippen molar-refractivity contribution in [3.8, 4) is 16.2 Å². The second-order valence-electron chi connectivity index (χ2n) is 6.01. The topological polar surface area (TPSA) is 81.3 Å². The van der Waals surface area contributed by atoms with Gasteiger partial charge in [-0.25, -0.2) is 9.78 Å². The van der Waals surface area contributed by atoms with E-state index in [0.29, 0.717) is 27.4 Å². The monoisotopic (exact) mass is 412 g/mol. The lowest BCUT2D eigenvalue weighted by molar-refractivity contribution is 0.0316. The molecule has 4 rings (SSSR count). The van der Waals surface area contributed by atoms with Gasteiger partial charge in [0.1, 0.15) is 16.1 Å². The number of carbonyl (C=O) groups is 1. The number of nitrogens with one attached hydrogen (secondary N) is 1. The Morgan fingerprint density at radius 3 is 2.75 bits per heavy atom. The molecule has 1 atom stereocenters. The van der Waals surface area contributed by atoms with E-state index in [1.165, 1.54) is 18.4 Å². The molecule has 0 fully saturated rings. The predicted molar refractivity (Wildman–Crippen MR) is 110 cm³/mol. The van der Waals surface area contributed by atoms with Crippen LogP contribution >= 0.6 is 22.7 Å². The molecule has 1 aromatic carbocycles. The number of ether oxygens (including phenoxy) is 2. The van der Waals surface area contributed by atoms with Gasteiger partial charge in [-0.2, -0.15) is 0 Å². The van der Waals surface area contributed by atoms with Crippen molar-refractivity contribution >= 4 is 38.9 Å². The minimum Gasteiger partial charge on any atom is -0.496 e. The molecule has 0 saturated heterocycles. The molecule has 0 aliphatic rings. The first-order valence-electron chi connectivity index (χ1n) is 8.47. The first-order valence-corrected chi connectivity index (χ1v) is 10.2. The van der Waals surface area contributed by atoms with Gasteiger partial charge in [0.05, 0.1) is 12.5 Å². The number of benzene rings is 1. The van der Waals surface area contributed by atoms with Gasteiger partial charge in [0.25, 0.3) is 5.56 Å². The summed E-state index contributed by atoms with van der Waals surface area (Å²) in [6.45, 7) is 1.67. The van der Waals surface area contributed by atoms with Crippen molar-refractivity contribution in [2.75, 3.05) is 7.11 Å². The molecule has 0 bridgehead atoms. The van der Waals surface area contributed by atoms with Crippen LogP contribution in [0.2, 0.25) is 0 Å². The fourth-order valence-electron chi connectivity index (χ4n) is 2.86. The number of nitrogens with zero attached hydrogens (tertiary/aromatic N) is 1. The fourth-order valence-corrected chi connectivity index (χ4v) is 4.63. The molecule has 0 saturated carbocycles. The van der Waals surface area contributed by atoms with E-state index in [1.54, 1.807) is 42.5 Å². The third-order valence-corrected chi connectivity index (χ3v) is 6.02. The molecule has 0 radical (unpaired) electrons. The van der Waals surface area contributed by atoms with Gasteiger partial charge in [0.15, 0.2) is 11.9 Å². The molecular formula is C20H16N2O4S2. The van der Waals surface area contributed by atoms with Crippen molar-refractivity contribution in [1.82, 2.24) is 9.97 Å². The van der Waals surface area contributed by atoms with E-state index in [4.69, 9.17) is 9.47 Å². The van der Waals surface area contributed by atoms with Crippen molar-refractivity contribution in [2.45, 2.75) is 13.0 Å². The molecule has 142 valence electrons. The molecule has 1 N–H and O–H groups in total. The summed E-state index contributed by atoms with van der Waals surface area (Å²) in [5.74, 6) is 0.189. The second kappa shape index (κ2) is 7.57. The van der Waals surface area contributed by atoms with Crippen molar-refractivity contribution in [1.29, 1.82) is 0 Å². The van der Waals surface area contributed by atoms with Crippen LogP contribution in [0, 0.1) is 0 Å². The average Bonchev–Trinajstić information content (AvgIpc) is 3.37. The Balaban J connectivity index is 1.64. The predicted octanol–water partition coefficient (Wildman–Crippen LogP) is 4.64. The Labute approximate surface area is 168 Å². The molecule has 0 spiro atoms. The number of carbonyl (C=O) groups excluding carboxylic acids is 1. The SMILES string of the molecule is COc1ccccc1C(=O)O[C@@H](C)c1nc2scc(-c3cccs3)c2c(=O)[nH]1. The highest BCUT2D eigenvalue weighted by atomic mass is 32.1. The standard InChI is InChI=1S/C20H16N2O4S2/c1-11(26-20(24)12-6-3-4-7-14(12)25-2)17-21-18(23)16-13(10-28-19(16)22-17)15-8-5-9-27-15/h3-11H,1-2H3,(H,21,22,23)/t11-/m0/s1. The van der Waals surface area contributed by atoms with Gasteiger partial charge in [0, 0.05) is 15.8 Å². The molecule has 0 amide bonds. The van der Waals surface area contributed by atoms with E-state index in [2.05, 4.69) is 9.97 Å². The minimum absolute atomic E-state index is 0.246. The zero-order valence-corrected chi connectivity index (χ0v) is 16.7. The largest absolute Gasteiger partial charge is 0.496 e. The number of fused-ring (bicyclic) bond motifs is 1. The number of hydrogen-bond acceptors (Lipinski definition) is 7. The van der Waals surface area contributed by atoms with E-state index in [0.717, 1.165) is 10.4 Å². The third kappa shape index (κ3) is 3.32. The zero-order valence-electron chi connectivity index (χ0n) is 15.1. The molecule has 6 nitrogen and oxygen atoms in total. The summed E-state index contributed by atoms with van der Waals surface area (Å²) in [4.78, 5) is 34.1. The van der Waals surface area contributed by atoms with Gasteiger partial charge in [0.2, 0.25) is 0 Å². The van der Waals surface area contributed by atoms with Gasteiger partial charge in [-0.1, -0.05) is 18.2 Å². The number of esters is 1. The number of aromatic amines is 1. The Morgan fingerprint density at radius 2 is 2.00 bits per heavy atom. The number of rotatable bonds is 5. The minimum atomic E-state index is -0.721. The van der Waals surface area contributed by atoms with Crippen LogP contribution in [0.3, 0.4) is 0 Å². The average molecular weight is 412 g/mol. The quantitative estimate of drug-likeness (QED) is 0.483. The molecule has 8 heteroatoms. The van der Waals surface area contributed by atoms with Crippen molar-refractivity contribution in [3.63, 3.8) is 0 Å². The number of H-pyrrole nitrogens is 1. The fraction of sp³-hybridized carbons (Fsp3) is 0.150. The van der Waals surface area contributed by atoms with Gasteiger partial charge in [-0.3, -0.25) is 4.79 Å². The van der Waals surface area contributed by atoms with Crippen LogP contribution < -0.4 is 10.3 Å². The molecule has 3 heterocycles. The van der Waals surface area contributed by atoms with Gasteiger partial charge in [-0.15, -0.1) is 22.7 Å². The van der Waals surface area contributed by atoms with Crippen molar-refractivity contribution < 1.29 is 14.3 Å². The first kappa shape index (κ1) is 18.4. The zero-order chi connectivity index (χ0) is 19.7. The van der Waals surface area contributed by atoms with Crippen LogP contribution in [-0.2, 0) is 4.74 Å². The summed E-state index contributed by atoms with van der Waals surface area (Å²) >= 11 is 2.96. The van der Waals surface area contributed by atoms with Crippen LogP contribution in [0.1, 0.15) is 29.2 Å². The van der Waals surface area contributed by atoms with Crippen LogP contribution in [-0.4, -0.2) is 23.0 Å². The molecule has 0 unspecified atom stereocenters. The van der Waals surface area contributed by atoms with Crippen LogP contribution in [0.25, 0.3) is 20.7 Å².